The number of aromatic nitrogens is 9. The van der Waals surface area contributed by atoms with Gasteiger partial charge in [0.25, 0.3) is 0 Å². The number of benzene rings is 2. The summed E-state index contributed by atoms with van der Waals surface area (Å²) < 4.78 is 56.0. The number of methoxy groups -OCH3 is 1. The second kappa shape index (κ2) is 14.4. The number of hydrogen-bond donors (Lipinski definition) is 1. The first-order valence-electron chi connectivity index (χ1n) is 20.7. The number of fused-ring (bicyclic) bond motifs is 8. The van der Waals surface area contributed by atoms with Crippen LogP contribution in [0.25, 0.3) is 39.0 Å². The van der Waals surface area contributed by atoms with Gasteiger partial charge in [0.15, 0.2) is 17.3 Å². The van der Waals surface area contributed by atoms with Gasteiger partial charge in [-0.05, 0) is 50.1 Å². The molecule has 0 radical (unpaired) electrons. The monoisotopic (exact) mass is 844 g/mol. The highest BCUT2D eigenvalue weighted by molar-refractivity contribution is 5.94. The Balaban J connectivity index is 1.02. The number of anilines is 4. The van der Waals surface area contributed by atoms with Crippen molar-refractivity contribution >= 4 is 51.4 Å². The van der Waals surface area contributed by atoms with Crippen molar-refractivity contribution in [2.45, 2.75) is 56.6 Å². The topological polar surface area (TPSA) is 143 Å². The fraction of sp³-hybridized carbons (Fsp3) is 0.372. The molecule has 12 rings (SSSR count). The summed E-state index contributed by atoms with van der Waals surface area (Å²) >= 11 is 0. The number of halogens is 3. The third-order valence-electron chi connectivity index (χ3n) is 12.8. The van der Waals surface area contributed by atoms with Gasteiger partial charge in [-0.25, -0.2) is 27.8 Å². The third kappa shape index (κ3) is 6.27. The van der Waals surface area contributed by atoms with Crippen molar-refractivity contribution in [1.82, 2.24) is 49.0 Å². The number of amides is 1. The van der Waals surface area contributed by atoms with E-state index in [2.05, 4.69) is 25.3 Å². The molecule has 6 bridgehead atoms. The highest BCUT2D eigenvalue weighted by Crippen LogP contribution is 2.41. The largest absolute Gasteiger partial charge is 0.378 e. The van der Waals surface area contributed by atoms with Crippen molar-refractivity contribution in [2.75, 3.05) is 60.4 Å². The van der Waals surface area contributed by atoms with E-state index in [4.69, 9.17) is 24.7 Å². The lowest BCUT2D eigenvalue weighted by Crippen LogP contribution is -2.69. The summed E-state index contributed by atoms with van der Waals surface area (Å²) in [4.78, 5) is 43.0. The first-order valence-corrected chi connectivity index (χ1v) is 20.7. The van der Waals surface area contributed by atoms with Crippen LogP contribution in [0.15, 0.2) is 67.0 Å². The predicted octanol–water partition coefficient (Wildman–Crippen LogP) is 4.70. The molecule has 5 aliphatic rings. The van der Waals surface area contributed by atoms with Crippen molar-refractivity contribution in [2.24, 2.45) is 7.05 Å². The molecule has 4 fully saturated rings. The molecule has 0 saturated carbocycles. The Kier molecular flexibility index (Phi) is 8.88. The molecule has 1 amide bonds. The molecule has 7 aromatic rings. The van der Waals surface area contributed by atoms with Crippen LogP contribution >= 0.6 is 0 Å². The van der Waals surface area contributed by atoms with Crippen molar-refractivity contribution in [3.63, 3.8) is 0 Å². The van der Waals surface area contributed by atoms with Gasteiger partial charge in [-0.15, -0.1) is 0 Å². The maximum Gasteiger partial charge on any atom is 0.245 e. The van der Waals surface area contributed by atoms with Gasteiger partial charge in [0.2, 0.25) is 11.9 Å². The molecule has 10 heterocycles. The maximum absolute atomic E-state index is 15.5. The molecule has 0 aliphatic carbocycles. The van der Waals surface area contributed by atoms with Crippen LogP contribution in [0.2, 0.25) is 0 Å². The van der Waals surface area contributed by atoms with E-state index in [9.17, 15) is 9.18 Å². The van der Waals surface area contributed by atoms with Crippen LogP contribution in [-0.4, -0.2) is 125 Å². The highest BCUT2D eigenvalue weighted by atomic mass is 19.1. The van der Waals surface area contributed by atoms with E-state index < -0.39 is 29.6 Å². The number of carbonyl (C=O) groups is 1. The van der Waals surface area contributed by atoms with Gasteiger partial charge >= 0.3 is 0 Å². The number of imidazole rings is 1. The Morgan fingerprint density at radius 1 is 0.871 bits per heavy atom. The average molecular weight is 845 g/mol. The summed E-state index contributed by atoms with van der Waals surface area (Å²) in [6.07, 6.45) is 4.36. The summed E-state index contributed by atoms with van der Waals surface area (Å²) in [6.45, 7) is 4.19. The Morgan fingerprint density at radius 2 is 1.71 bits per heavy atom. The number of nitrogens with one attached hydrogen (secondary N) is 1. The van der Waals surface area contributed by atoms with Crippen LogP contribution in [0.5, 0.6) is 0 Å². The quantitative estimate of drug-likeness (QED) is 0.257. The lowest BCUT2D eigenvalue weighted by Gasteiger charge is -2.56. The van der Waals surface area contributed by atoms with Gasteiger partial charge in [0, 0.05) is 83.4 Å². The number of piperidine rings is 1. The average Bonchev–Trinajstić information content (AvgIpc) is 4.05. The molecule has 5 atom stereocenters. The normalized spacial score (nSPS) is 22.6. The number of carbonyl (C=O) groups excluding carboxylic acids is 1. The van der Waals surface area contributed by atoms with Gasteiger partial charge in [-0.2, -0.15) is 20.2 Å². The zero-order valence-electron chi connectivity index (χ0n) is 34.5. The zero-order chi connectivity index (χ0) is 42.6. The molecule has 318 valence electrons. The fourth-order valence-electron chi connectivity index (χ4n) is 9.85. The highest BCUT2D eigenvalue weighted by Gasteiger charge is 2.48. The maximum atomic E-state index is 15.5. The van der Waals surface area contributed by atoms with E-state index in [-0.39, 0.29) is 36.3 Å². The molecule has 16 nitrogen and oxygen atoms in total. The number of piperazine rings is 1. The van der Waals surface area contributed by atoms with E-state index in [1.165, 1.54) is 28.9 Å². The van der Waals surface area contributed by atoms with Gasteiger partial charge in [0.1, 0.15) is 40.8 Å². The van der Waals surface area contributed by atoms with E-state index in [1.54, 1.807) is 29.9 Å². The van der Waals surface area contributed by atoms with E-state index in [0.29, 0.717) is 83.8 Å². The van der Waals surface area contributed by atoms with Gasteiger partial charge in [-0.1, -0.05) is 6.07 Å². The molecule has 5 aromatic heterocycles. The van der Waals surface area contributed by atoms with Crippen LogP contribution in [0, 0.1) is 24.4 Å². The van der Waals surface area contributed by atoms with Crippen LogP contribution in [-0.2, 0) is 23.1 Å². The predicted molar refractivity (Wildman–Crippen MR) is 226 cm³/mol. The van der Waals surface area contributed by atoms with Crippen LogP contribution < -0.4 is 20.0 Å². The molecule has 1 N–H and O–H groups in total. The standard InChI is InChI=1S/C43H43F3N14O2/c1-23-48-34-14-25(45)12-30-33-6-5-7-37(50-33)49-26-15-36(42(61)54(2)21-29(62-4)22-57(23)39(30)34)58(18-26)40-31-17-47-60(35-9-8-24(44)13-32(35)46)41(31)52-43(51-40)59-27-16-28(59)20-56(19-27)38-10-11-55(3)53-38/h5-14,17,26-29,36H,15-16,18-22H2,1-4H3,(H,49,50)/t26-,27?,28?,29-,36-/m0/s1. The molecule has 5 aliphatic heterocycles. The Bertz CT molecular complexity index is 2900. The summed E-state index contributed by atoms with van der Waals surface area (Å²) in [7, 11) is 5.27. The van der Waals surface area contributed by atoms with E-state index >= 15 is 8.78 Å². The lowest BCUT2D eigenvalue weighted by atomic mass is 9.88. The number of pyridine rings is 1. The Morgan fingerprint density at radius 3 is 2.48 bits per heavy atom. The summed E-state index contributed by atoms with van der Waals surface area (Å²) in [6, 6.07) is 13.0. The van der Waals surface area contributed by atoms with Crippen molar-refractivity contribution < 1.29 is 22.7 Å². The zero-order valence-corrected chi connectivity index (χ0v) is 34.5. The number of rotatable bonds is 5. The molecule has 4 saturated heterocycles. The fourth-order valence-corrected chi connectivity index (χ4v) is 9.85. The number of nitrogens with zero attached hydrogens (tertiary/aromatic N) is 13. The van der Waals surface area contributed by atoms with Crippen LogP contribution in [0.1, 0.15) is 18.7 Å². The van der Waals surface area contributed by atoms with Crippen molar-refractivity contribution in [1.29, 1.82) is 0 Å². The molecule has 0 spiro atoms. The van der Waals surface area contributed by atoms with Gasteiger partial charge < -0.3 is 34.2 Å². The summed E-state index contributed by atoms with van der Waals surface area (Å²) in [5.41, 5.74) is 2.74. The second-order valence-electron chi connectivity index (χ2n) is 16.8. The molecule has 62 heavy (non-hydrogen) atoms. The number of ether oxygens (including phenoxy) is 1. The van der Waals surface area contributed by atoms with Crippen LogP contribution in [0.4, 0.5) is 36.6 Å². The van der Waals surface area contributed by atoms with Gasteiger partial charge in [0.05, 0.1) is 53.0 Å². The smallest absolute Gasteiger partial charge is 0.245 e. The first-order chi connectivity index (χ1) is 30.0. The number of hydrogen-bond acceptors (Lipinski definition) is 12. The summed E-state index contributed by atoms with van der Waals surface area (Å²) in [5, 5.41) is 13.3. The van der Waals surface area contributed by atoms with Gasteiger partial charge in [-0.3, -0.25) is 9.48 Å². The lowest BCUT2D eigenvalue weighted by molar-refractivity contribution is -0.132. The van der Waals surface area contributed by atoms with E-state index in [1.807, 2.05) is 53.9 Å². The minimum Gasteiger partial charge on any atom is -0.378 e. The second-order valence-corrected chi connectivity index (χ2v) is 16.8. The number of likely N-dealkylation sites (N-methyl/N-ethyl adjacent to an activating group) is 1. The Hall–Kier alpha value is -6.76. The molecule has 2 aromatic carbocycles. The molecule has 2 unspecified atom stereocenters. The van der Waals surface area contributed by atoms with Crippen LogP contribution in [0.3, 0.4) is 0 Å². The number of aryl methyl sites for hydroxylation is 2. The van der Waals surface area contributed by atoms with Crippen molar-refractivity contribution in [3.8, 4) is 16.9 Å². The minimum atomic E-state index is -0.795. The first kappa shape index (κ1) is 38.2. The molecular weight excluding hydrogens is 802 g/mol. The van der Waals surface area contributed by atoms with E-state index in [0.717, 1.165) is 23.8 Å². The SMILES string of the molecule is CO[C@H]1CN(C)C(=O)[C@@H]2C[C@@H](CN2c2nc(N3C4CC3CN(c3ccn(C)n3)C4)nc3c2cnn3-c2ccc(F)cc2F)Nc2cccc(n2)-c2cc(F)cc3nc(C)n(c23)C1. The third-order valence-corrected chi connectivity index (χ3v) is 12.8. The summed E-state index contributed by atoms with van der Waals surface area (Å²) in [5.74, 6) is 0.938. The molecule has 19 heteroatoms. The molecular formula is C43H43F3N14O2. The minimum absolute atomic E-state index is 0.0281. The van der Waals surface area contributed by atoms with Crippen molar-refractivity contribution in [3.05, 3.63) is 90.3 Å². The Labute approximate surface area is 353 Å².